The first-order valence-corrected chi connectivity index (χ1v) is 11.2. The Morgan fingerprint density at radius 2 is 1.90 bits per heavy atom. The number of benzene rings is 2. The number of anilines is 1. The zero-order chi connectivity index (χ0) is 20.9. The third-order valence-corrected chi connectivity index (χ3v) is 5.88. The average molecular weight is 432 g/mol. The predicted molar refractivity (Wildman–Crippen MR) is 115 cm³/mol. The molecule has 0 saturated carbocycles. The van der Waals surface area contributed by atoms with Crippen LogP contribution < -0.4 is 14.3 Å². The van der Waals surface area contributed by atoms with Crippen LogP contribution in [0.2, 0.25) is 0 Å². The normalized spacial score (nSPS) is 11.6. The molecular formula is C20H21N3O4S2. The van der Waals surface area contributed by atoms with Crippen molar-refractivity contribution in [3.05, 3.63) is 64.7 Å². The Morgan fingerprint density at radius 1 is 1.14 bits per heavy atom. The number of hydrogen-bond acceptors (Lipinski definition) is 8. The molecule has 29 heavy (non-hydrogen) atoms. The molecule has 2 aromatic carbocycles. The van der Waals surface area contributed by atoms with Crippen LogP contribution in [0.15, 0.2) is 57.8 Å². The molecule has 1 aromatic heterocycles. The molecule has 0 radical (unpaired) electrons. The molecule has 0 spiro atoms. The minimum Gasteiger partial charge on any atom is -0.490 e. The van der Waals surface area contributed by atoms with Crippen molar-refractivity contribution in [1.82, 2.24) is 4.98 Å². The summed E-state index contributed by atoms with van der Waals surface area (Å²) >= 11 is 1.46. The summed E-state index contributed by atoms with van der Waals surface area (Å²) in [5.74, 6) is 0.435. The molecular weight excluding hydrogens is 410 g/mol. The second-order valence-corrected chi connectivity index (χ2v) is 8.56. The number of aryl methyl sites for hydroxylation is 2. The molecule has 0 aliphatic rings. The number of nitrogens with one attached hydrogen (secondary N) is 1. The molecule has 3 aromatic rings. The van der Waals surface area contributed by atoms with E-state index in [1.165, 1.54) is 23.5 Å². The van der Waals surface area contributed by atoms with Gasteiger partial charge >= 0.3 is 10.1 Å². The van der Waals surface area contributed by atoms with Crippen molar-refractivity contribution >= 4 is 32.8 Å². The van der Waals surface area contributed by atoms with Crippen LogP contribution in [0.1, 0.15) is 23.7 Å². The van der Waals surface area contributed by atoms with Gasteiger partial charge in [-0.05, 0) is 56.7 Å². The van der Waals surface area contributed by atoms with Gasteiger partial charge in [-0.1, -0.05) is 17.7 Å². The number of thiazole rings is 1. The first kappa shape index (κ1) is 20.8. The summed E-state index contributed by atoms with van der Waals surface area (Å²) < 4.78 is 36.0. The van der Waals surface area contributed by atoms with E-state index in [0.29, 0.717) is 23.1 Å². The van der Waals surface area contributed by atoms with E-state index in [2.05, 4.69) is 15.5 Å². The molecule has 7 nitrogen and oxygen atoms in total. The van der Waals surface area contributed by atoms with Crippen LogP contribution in [-0.2, 0) is 10.1 Å². The highest BCUT2D eigenvalue weighted by Crippen LogP contribution is 2.31. The Balaban J connectivity index is 1.79. The maximum atomic E-state index is 12.6. The van der Waals surface area contributed by atoms with Gasteiger partial charge in [0.05, 0.1) is 18.5 Å². The highest BCUT2D eigenvalue weighted by molar-refractivity contribution is 7.87. The average Bonchev–Trinajstić information content (AvgIpc) is 3.09. The van der Waals surface area contributed by atoms with Crippen LogP contribution >= 0.6 is 11.3 Å². The van der Waals surface area contributed by atoms with Gasteiger partial charge in [-0.25, -0.2) is 4.98 Å². The Labute approximate surface area is 174 Å². The molecule has 0 amide bonds. The van der Waals surface area contributed by atoms with Gasteiger partial charge < -0.3 is 8.92 Å². The van der Waals surface area contributed by atoms with Crippen molar-refractivity contribution < 1.29 is 17.3 Å². The second-order valence-electron chi connectivity index (χ2n) is 6.15. The predicted octanol–water partition coefficient (Wildman–Crippen LogP) is 4.37. The Kier molecular flexibility index (Phi) is 6.50. The Hall–Kier alpha value is -2.91. The fraction of sp³-hybridized carbons (Fsp3) is 0.200. The van der Waals surface area contributed by atoms with E-state index in [4.69, 9.17) is 8.92 Å². The van der Waals surface area contributed by atoms with Crippen molar-refractivity contribution in [2.45, 2.75) is 25.7 Å². The minimum absolute atomic E-state index is 0.0825. The van der Waals surface area contributed by atoms with Crippen LogP contribution in [0, 0.1) is 13.8 Å². The molecule has 0 unspecified atom stereocenters. The van der Waals surface area contributed by atoms with Gasteiger partial charge in [0, 0.05) is 5.38 Å². The summed E-state index contributed by atoms with van der Waals surface area (Å²) in [5, 5.41) is 6.75. The molecule has 1 N–H and O–H groups in total. The SMILES string of the molecule is CCOc1cc(/C=N\Nc2nc(C)cs2)ccc1OS(=O)(=O)c1ccc(C)cc1. The van der Waals surface area contributed by atoms with Gasteiger partial charge in [0.2, 0.25) is 5.13 Å². The molecule has 0 aliphatic carbocycles. The van der Waals surface area contributed by atoms with Gasteiger partial charge in [-0.2, -0.15) is 13.5 Å². The van der Waals surface area contributed by atoms with Gasteiger partial charge in [0.25, 0.3) is 0 Å². The standard InChI is InChI=1S/C20H21N3O4S2/c1-4-26-19-11-16(12-21-23-20-22-15(3)13-28-20)7-10-18(19)27-29(24,25)17-8-5-14(2)6-9-17/h5-13H,4H2,1-3H3,(H,22,23)/b21-12-. The van der Waals surface area contributed by atoms with E-state index in [1.54, 1.807) is 36.5 Å². The largest absolute Gasteiger partial charge is 0.490 e. The van der Waals surface area contributed by atoms with Crippen LogP contribution in [-0.4, -0.2) is 26.2 Å². The number of hydrogen-bond donors (Lipinski definition) is 1. The Bertz CT molecular complexity index is 1110. The lowest BCUT2D eigenvalue weighted by atomic mass is 10.2. The van der Waals surface area contributed by atoms with Gasteiger partial charge in [0.1, 0.15) is 4.90 Å². The number of nitrogens with zero attached hydrogens (tertiary/aromatic N) is 2. The summed E-state index contributed by atoms with van der Waals surface area (Å²) in [7, 11) is -3.97. The lowest BCUT2D eigenvalue weighted by Crippen LogP contribution is -2.11. The van der Waals surface area contributed by atoms with Gasteiger partial charge in [-0.15, -0.1) is 11.3 Å². The maximum absolute atomic E-state index is 12.6. The fourth-order valence-electron chi connectivity index (χ4n) is 2.38. The summed E-state index contributed by atoms with van der Waals surface area (Å²) in [6, 6.07) is 11.4. The number of ether oxygens (including phenoxy) is 1. The zero-order valence-corrected chi connectivity index (χ0v) is 17.9. The number of hydrazone groups is 1. The molecule has 0 atom stereocenters. The molecule has 0 fully saturated rings. The molecule has 1 heterocycles. The van der Waals surface area contributed by atoms with Crippen LogP contribution in [0.5, 0.6) is 11.5 Å². The summed E-state index contributed by atoms with van der Waals surface area (Å²) in [6.45, 7) is 5.96. The number of rotatable bonds is 8. The molecule has 9 heteroatoms. The lowest BCUT2D eigenvalue weighted by Gasteiger charge is -2.12. The summed E-state index contributed by atoms with van der Waals surface area (Å²) in [4.78, 5) is 4.34. The van der Waals surface area contributed by atoms with Crippen molar-refractivity contribution in [2.24, 2.45) is 5.10 Å². The van der Waals surface area contributed by atoms with Crippen molar-refractivity contribution in [3.8, 4) is 11.5 Å². The topological polar surface area (TPSA) is 89.9 Å². The minimum atomic E-state index is -3.97. The molecule has 3 rings (SSSR count). The van der Waals surface area contributed by atoms with E-state index in [1.807, 2.05) is 26.2 Å². The summed E-state index contributed by atoms with van der Waals surface area (Å²) in [6.07, 6.45) is 1.59. The highest BCUT2D eigenvalue weighted by atomic mass is 32.2. The second kappa shape index (κ2) is 9.06. The van der Waals surface area contributed by atoms with E-state index in [-0.39, 0.29) is 10.6 Å². The maximum Gasteiger partial charge on any atom is 0.339 e. The van der Waals surface area contributed by atoms with Crippen LogP contribution in [0.3, 0.4) is 0 Å². The smallest absolute Gasteiger partial charge is 0.339 e. The molecule has 0 saturated heterocycles. The van der Waals surface area contributed by atoms with Crippen molar-refractivity contribution in [2.75, 3.05) is 12.0 Å². The fourth-order valence-corrected chi connectivity index (χ4v) is 3.96. The Morgan fingerprint density at radius 3 is 2.55 bits per heavy atom. The van der Waals surface area contributed by atoms with Crippen molar-refractivity contribution in [3.63, 3.8) is 0 Å². The van der Waals surface area contributed by atoms with E-state index >= 15 is 0 Å². The monoisotopic (exact) mass is 431 g/mol. The number of aromatic nitrogens is 1. The quantitative estimate of drug-likeness (QED) is 0.324. The van der Waals surface area contributed by atoms with Crippen LogP contribution in [0.4, 0.5) is 5.13 Å². The molecule has 0 bridgehead atoms. The summed E-state index contributed by atoms with van der Waals surface area (Å²) in [5.41, 5.74) is 5.45. The van der Waals surface area contributed by atoms with E-state index in [0.717, 1.165) is 11.3 Å². The van der Waals surface area contributed by atoms with Gasteiger partial charge in [0.15, 0.2) is 11.5 Å². The van der Waals surface area contributed by atoms with Crippen molar-refractivity contribution in [1.29, 1.82) is 0 Å². The third kappa shape index (κ3) is 5.55. The van der Waals surface area contributed by atoms with E-state index in [9.17, 15) is 8.42 Å². The third-order valence-electron chi connectivity index (χ3n) is 3.77. The lowest BCUT2D eigenvalue weighted by molar-refractivity contribution is 0.327. The molecule has 0 aliphatic heterocycles. The van der Waals surface area contributed by atoms with Crippen LogP contribution in [0.25, 0.3) is 0 Å². The first-order chi connectivity index (χ1) is 13.9. The highest BCUT2D eigenvalue weighted by Gasteiger charge is 2.19. The molecule has 152 valence electrons. The van der Waals surface area contributed by atoms with Gasteiger partial charge in [-0.3, -0.25) is 5.43 Å². The van der Waals surface area contributed by atoms with E-state index < -0.39 is 10.1 Å². The first-order valence-electron chi connectivity index (χ1n) is 8.86. The zero-order valence-electron chi connectivity index (χ0n) is 16.2.